The van der Waals surface area contributed by atoms with Crippen LogP contribution in [0.2, 0.25) is 0 Å². The van der Waals surface area contributed by atoms with E-state index in [1.165, 1.54) is 0 Å². The van der Waals surface area contributed by atoms with Gasteiger partial charge >= 0.3 is 0 Å². The minimum Gasteiger partial charge on any atom is -0.494 e. The lowest BCUT2D eigenvalue weighted by molar-refractivity contribution is -0.116. The van der Waals surface area contributed by atoms with Crippen molar-refractivity contribution in [3.63, 3.8) is 0 Å². The number of amides is 1. The molecule has 0 aromatic heterocycles. The van der Waals surface area contributed by atoms with Crippen molar-refractivity contribution in [2.24, 2.45) is 0 Å². The molecule has 5 nitrogen and oxygen atoms in total. The molecule has 1 amide bonds. The number of hydrogen-bond donors (Lipinski definition) is 1. The first-order valence-electron chi connectivity index (χ1n) is 8.70. The highest BCUT2D eigenvalue weighted by atomic mass is 16.6. The molecule has 1 atom stereocenters. The third-order valence-electron chi connectivity index (χ3n) is 4.51. The van der Waals surface area contributed by atoms with E-state index >= 15 is 0 Å². The van der Waals surface area contributed by atoms with Gasteiger partial charge in [-0.1, -0.05) is 19.1 Å². The highest BCUT2D eigenvalue weighted by Gasteiger charge is 2.29. The molecule has 0 unspecified atom stereocenters. The maximum atomic E-state index is 12.2. The number of anilines is 1. The molecule has 2 aromatic rings. The Balaban J connectivity index is 1.68. The largest absolute Gasteiger partial charge is 0.494 e. The van der Waals surface area contributed by atoms with Crippen molar-refractivity contribution in [2.45, 2.75) is 25.7 Å². The Labute approximate surface area is 146 Å². The first-order chi connectivity index (χ1) is 12.2. The lowest BCUT2D eigenvalue weighted by atomic mass is 9.84. The molecule has 0 saturated carbocycles. The second-order valence-corrected chi connectivity index (χ2v) is 6.31. The van der Waals surface area contributed by atoms with Crippen LogP contribution < -0.4 is 19.5 Å². The fourth-order valence-electron chi connectivity index (χ4n) is 3.31. The molecule has 0 bridgehead atoms. The van der Waals surface area contributed by atoms with Gasteiger partial charge in [0.1, 0.15) is 19.0 Å². The SMILES string of the molecule is CCCOc1ccc([C@@H]2CC(=O)Nc3cc4c(cc32)OCCO4)cc1. The van der Waals surface area contributed by atoms with E-state index in [9.17, 15) is 4.79 Å². The summed E-state index contributed by atoms with van der Waals surface area (Å²) in [7, 11) is 0. The standard InChI is InChI=1S/C20H21NO4/c1-2-7-23-14-5-3-13(4-6-14)15-11-20(22)21-17-12-19-18(10-16(15)17)24-8-9-25-19/h3-6,10,12,15H,2,7-9,11H2,1H3,(H,21,22)/t15-/m0/s1. The lowest BCUT2D eigenvalue weighted by Crippen LogP contribution is -2.24. The molecule has 130 valence electrons. The van der Waals surface area contributed by atoms with Gasteiger partial charge in [0.05, 0.1) is 6.61 Å². The normalized spacial score (nSPS) is 18.3. The van der Waals surface area contributed by atoms with Crippen molar-refractivity contribution in [1.29, 1.82) is 0 Å². The summed E-state index contributed by atoms with van der Waals surface area (Å²) < 4.78 is 17.0. The van der Waals surface area contributed by atoms with E-state index in [1.54, 1.807) is 0 Å². The summed E-state index contributed by atoms with van der Waals surface area (Å²) in [5.74, 6) is 2.30. The van der Waals surface area contributed by atoms with Crippen LogP contribution in [0.25, 0.3) is 0 Å². The van der Waals surface area contributed by atoms with Crippen LogP contribution in [0.5, 0.6) is 17.2 Å². The predicted molar refractivity (Wildman–Crippen MR) is 94.7 cm³/mol. The van der Waals surface area contributed by atoms with Crippen LogP contribution in [-0.4, -0.2) is 25.7 Å². The van der Waals surface area contributed by atoms with Crippen molar-refractivity contribution in [3.8, 4) is 17.2 Å². The second-order valence-electron chi connectivity index (χ2n) is 6.31. The Kier molecular flexibility index (Phi) is 4.22. The van der Waals surface area contributed by atoms with Crippen molar-refractivity contribution >= 4 is 11.6 Å². The number of hydrogen-bond acceptors (Lipinski definition) is 4. The summed E-state index contributed by atoms with van der Waals surface area (Å²) in [5, 5.41) is 2.95. The van der Waals surface area contributed by atoms with Gasteiger partial charge in [0, 0.05) is 24.1 Å². The van der Waals surface area contributed by atoms with Gasteiger partial charge in [-0.05, 0) is 35.7 Å². The van der Waals surface area contributed by atoms with E-state index in [0.29, 0.717) is 32.0 Å². The molecule has 2 aliphatic rings. The predicted octanol–water partition coefficient (Wildman–Crippen LogP) is 3.72. The molecule has 4 rings (SSSR count). The van der Waals surface area contributed by atoms with E-state index in [4.69, 9.17) is 14.2 Å². The highest BCUT2D eigenvalue weighted by Crippen LogP contribution is 2.44. The average Bonchev–Trinajstić information content (AvgIpc) is 2.64. The van der Waals surface area contributed by atoms with Gasteiger partial charge < -0.3 is 19.5 Å². The van der Waals surface area contributed by atoms with Crippen LogP contribution in [0.4, 0.5) is 5.69 Å². The van der Waals surface area contributed by atoms with Crippen molar-refractivity contribution in [1.82, 2.24) is 0 Å². The zero-order valence-electron chi connectivity index (χ0n) is 14.2. The molecule has 0 radical (unpaired) electrons. The smallest absolute Gasteiger partial charge is 0.225 e. The van der Waals surface area contributed by atoms with E-state index in [2.05, 4.69) is 12.2 Å². The quantitative estimate of drug-likeness (QED) is 0.922. The van der Waals surface area contributed by atoms with Gasteiger partial charge in [-0.15, -0.1) is 0 Å². The Bertz CT molecular complexity index is 785. The van der Waals surface area contributed by atoms with Crippen LogP contribution in [0.3, 0.4) is 0 Å². The first kappa shape index (κ1) is 15.8. The Morgan fingerprint density at radius 3 is 2.56 bits per heavy atom. The summed E-state index contributed by atoms with van der Waals surface area (Å²) in [6.45, 7) is 3.87. The number of fused-ring (bicyclic) bond motifs is 2. The number of carbonyl (C=O) groups is 1. The molecule has 0 saturated heterocycles. The fourth-order valence-corrected chi connectivity index (χ4v) is 3.31. The Morgan fingerprint density at radius 1 is 1.12 bits per heavy atom. The van der Waals surface area contributed by atoms with Crippen LogP contribution in [0, 0.1) is 0 Å². The number of benzene rings is 2. The molecule has 1 N–H and O–H groups in total. The van der Waals surface area contributed by atoms with E-state index in [-0.39, 0.29) is 11.8 Å². The highest BCUT2D eigenvalue weighted by molar-refractivity contribution is 5.96. The Hall–Kier alpha value is -2.69. The summed E-state index contributed by atoms with van der Waals surface area (Å²) in [5.41, 5.74) is 2.96. The lowest BCUT2D eigenvalue weighted by Gasteiger charge is -2.29. The summed E-state index contributed by atoms with van der Waals surface area (Å²) >= 11 is 0. The average molecular weight is 339 g/mol. The van der Waals surface area contributed by atoms with E-state index in [0.717, 1.165) is 34.7 Å². The van der Waals surface area contributed by atoms with Crippen molar-refractivity contribution in [2.75, 3.05) is 25.1 Å². The Morgan fingerprint density at radius 2 is 1.84 bits per heavy atom. The van der Waals surface area contributed by atoms with Gasteiger partial charge in [0.15, 0.2) is 11.5 Å². The molecule has 0 aliphatic carbocycles. The topological polar surface area (TPSA) is 56.8 Å². The fraction of sp³-hybridized carbons (Fsp3) is 0.350. The molecular formula is C20H21NO4. The summed E-state index contributed by atoms with van der Waals surface area (Å²) in [6.07, 6.45) is 1.40. The zero-order valence-corrected chi connectivity index (χ0v) is 14.2. The van der Waals surface area contributed by atoms with Crippen LogP contribution in [0.1, 0.15) is 36.8 Å². The first-order valence-corrected chi connectivity index (χ1v) is 8.70. The molecular weight excluding hydrogens is 318 g/mol. The van der Waals surface area contributed by atoms with Gasteiger partial charge in [0.2, 0.25) is 5.91 Å². The molecule has 5 heteroatoms. The maximum absolute atomic E-state index is 12.2. The molecule has 2 heterocycles. The second kappa shape index (κ2) is 6.67. The molecule has 2 aromatic carbocycles. The number of nitrogens with one attached hydrogen (secondary N) is 1. The third kappa shape index (κ3) is 3.14. The van der Waals surface area contributed by atoms with Gasteiger partial charge in [-0.25, -0.2) is 0 Å². The number of carbonyl (C=O) groups excluding carboxylic acids is 1. The minimum atomic E-state index is -0.000184. The van der Waals surface area contributed by atoms with Crippen molar-refractivity contribution < 1.29 is 19.0 Å². The molecule has 2 aliphatic heterocycles. The molecule has 0 spiro atoms. The number of rotatable bonds is 4. The van der Waals surface area contributed by atoms with Gasteiger partial charge in [-0.3, -0.25) is 4.79 Å². The monoisotopic (exact) mass is 339 g/mol. The van der Waals surface area contributed by atoms with Crippen LogP contribution >= 0.6 is 0 Å². The third-order valence-corrected chi connectivity index (χ3v) is 4.51. The van der Waals surface area contributed by atoms with E-state index in [1.807, 2.05) is 36.4 Å². The van der Waals surface area contributed by atoms with Crippen LogP contribution in [-0.2, 0) is 4.79 Å². The molecule has 0 fully saturated rings. The van der Waals surface area contributed by atoms with E-state index < -0.39 is 0 Å². The summed E-state index contributed by atoms with van der Waals surface area (Å²) in [6, 6.07) is 11.9. The summed E-state index contributed by atoms with van der Waals surface area (Å²) in [4.78, 5) is 12.2. The van der Waals surface area contributed by atoms with Crippen LogP contribution in [0.15, 0.2) is 36.4 Å². The van der Waals surface area contributed by atoms with Crippen molar-refractivity contribution in [3.05, 3.63) is 47.5 Å². The van der Waals surface area contributed by atoms with Gasteiger partial charge in [0.25, 0.3) is 0 Å². The van der Waals surface area contributed by atoms with Gasteiger partial charge in [-0.2, -0.15) is 0 Å². The zero-order chi connectivity index (χ0) is 17.2. The molecule has 25 heavy (non-hydrogen) atoms. The minimum absolute atomic E-state index is 0.000184. The maximum Gasteiger partial charge on any atom is 0.225 e. The number of ether oxygens (including phenoxy) is 3.